The average Bonchev–Trinajstić information content (AvgIpc) is 3.19. The topological polar surface area (TPSA) is 90.6 Å². The van der Waals surface area contributed by atoms with E-state index in [0.29, 0.717) is 37.5 Å². The Morgan fingerprint density at radius 2 is 2.24 bits per heavy atom. The van der Waals surface area contributed by atoms with Gasteiger partial charge in [0.05, 0.1) is 25.8 Å². The van der Waals surface area contributed by atoms with E-state index in [9.17, 15) is 14.0 Å². The van der Waals surface area contributed by atoms with E-state index in [1.165, 1.54) is 13.2 Å². The molecule has 2 aromatic rings. The van der Waals surface area contributed by atoms with E-state index in [4.69, 9.17) is 4.74 Å². The molecule has 0 radical (unpaired) electrons. The predicted octanol–water partition coefficient (Wildman–Crippen LogP) is 0.833. The van der Waals surface area contributed by atoms with Crippen LogP contribution in [0.15, 0.2) is 24.4 Å². The molecular weight excluding hydrogens is 377 g/mol. The lowest BCUT2D eigenvalue weighted by atomic mass is 10.0. The van der Waals surface area contributed by atoms with Gasteiger partial charge in [0.1, 0.15) is 11.6 Å². The second-order valence-corrected chi connectivity index (χ2v) is 7.38. The molecule has 1 fully saturated rings. The highest BCUT2D eigenvalue weighted by atomic mass is 19.1. The van der Waals surface area contributed by atoms with E-state index in [2.05, 4.69) is 15.5 Å². The number of piperazine rings is 1. The first-order chi connectivity index (χ1) is 14.0. The number of fused-ring (bicyclic) bond motifs is 1. The van der Waals surface area contributed by atoms with Gasteiger partial charge in [0, 0.05) is 62.0 Å². The van der Waals surface area contributed by atoms with Crippen LogP contribution in [-0.4, -0.2) is 64.6 Å². The Labute approximate surface area is 168 Å². The smallest absolute Gasteiger partial charge is 0.237 e. The summed E-state index contributed by atoms with van der Waals surface area (Å²) < 4.78 is 19.4. The summed E-state index contributed by atoms with van der Waals surface area (Å²) >= 11 is 0. The molecular formula is C20H24FN5O3. The van der Waals surface area contributed by atoms with Crippen molar-refractivity contribution in [2.75, 3.05) is 26.7 Å². The molecule has 9 heteroatoms. The van der Waals surface area contributed by atoms with Crippen LogP contribution in [0.5, 0.6) is 5.75 Å². The molecule has 29 heavy (non-hydrogen) atoms. The fourth-order valence-electron chi connectivity index (χ4n) is 3.90. The summed E-state index contributed by atoms with van der Waals surface area (Å²) in [6.07, 6.45) is 2.52. The molecule has 2 amide bonds. The average molecular weight is 401 g/mol. The Bertz CT molecular complexity index is 915. The summed E-state index contributed by atoms with van der Waals surface area (Å²) in [7, 11) is 1.48. The van der Waals surface area contributed by atoms with Gasteiger partial charge in [-0.3, -0.25) is 19.6 Å². The number of halogens is 1. The fraction of sp³-hybridized carbons (Fsp3) is 0.450. The number of ether oxygens (including phenoxy) is 1. The minimum Gasteiger partial charge on any atom is -0.497 e. The number of aromatic amines is 1. The van der Waals surface area contributed by atoms with Crippen molar-refractivity contribution >= 4 is 11.8 Å². The van der Waals surface area contributed by atoms with Crippen LogP contribution in [0.2, 0.25) is 0 Å². The highest BCUT2D eigenvalue weighted by Gasteiger charge is 2.34. The number of methoxy groups -OCH3 is 1. The molecule has 2 N–H and O–H groups in total. The van der Waals surface area contributed by atoms with Crippen LogP contribution in [0.3, 0.4) is 0 Å². The maximum atomic E-state index is 14.4. The molecule has 3 heterocycles. The summed E-state index contributed by atoms with van der Waals surface area (Å²) in [5, 5.41) is 9.79. The molecule has 1 saturated heterocycles. The van der Waals surface area contributed by atoms with Gasteiger partial charge in [-0.25, -0.2) is 4.39 Å². The second kappa shape index (κ2) is 8.20. The highest BCUT2D eigenvalue weighted by Crippen LogP contribution is 2.22. The summed E-state index contributed by atoms with van der Waals surface area (Å²) in [5.41, 5.74) is 2.54. The molecule has 0 bridgehead atoms. The molecule has 4 rings (SSSR count). The van der Waals surface area contributed by atoms with E-state index in [-0.39, 0.29) is 30.6 Å². The number of nitrogens with zero attached hydrogens (tertiary/aromatic N) is 3. The van der Waals surface area contributed by atoms with Crippen molar-refractivity contribution < 1.29 is 18.7 Å². The molecule has 1 aromatic carbocycles. The lowest BCUT2D eigenvalue weighted by Gasteiger charge is -2.36. The zero-order valence-corrected chi connectivity index (χ0v) is 16.3. The molecule has 2 aliphatic heterocycles. The Balaban J connectivity index is 1.45. The van der Waals surface area contributed by atoms with Crippen molar-refractivity contribution in [1.29, 1.82) is 0 Å². The number of benzene rings is 1. The standard InChI is InChI=1S/C20H24FN5O3/c1-29-15-3-2-13(16(21)8-15)11-25-7-5-22-20(28)18(25)9-19(27)26-6-4-17-14(12-26)10-23-24-17/h2-3,8,10,18H,4-7,9,11-12H2,1H3,(H,22,28)(H,23,24). The van der Waals surface area contributed by atoms with Crippen LogP contribution < -0.4 is 10.1 Å². The van der Waals surface area contributed by atoms with Crippen LogP contribution >= 0.6 is 0 Å². The zero-order valence-electron chi connectivity index (χ0n) is 16.3. The van der Waals surface area contributed by atoms with E-state index < -0.39 is 6.04 Å². The van der Waals surface area contributed by atoms with Gasteiger partial charge in [0.2, 0.25) is 11.8 Å². The third kappa shape index (κ3) is 4.09. The highest BCUT2D eigenvalue weighted by molar-refractivity contribution is 5.89. The van der Waals surface area contributed by atoms with Crippen molar-refractivity contribution in [2.45, 2.75) is 32.0 Å². The zero-order chi connectivity index (χ0) is 20.4. The lowest BCUT2D eigenvalue weighted by Crippen LogP contribution is -2.56. The number of amides is 2. The minimum absolute atomic E-state index is 0.0663. The third-order valence-corrected chi connectivity index (χ3v) is 5.60. The van der Waals surface area contributed by atoms with Crippen LogP contribution in [0.1, 0.15) is 23.2 Å². The maximum Gasteiger partial charge on any atom is 0.237 e. The van der Waals surface area contributed by atoms with Gasteiger partial charge in [-0.05, 0) is 6.07 Å². The lowest BCUT2D eigenvalue weighted by molar-refractivity contribution is -0.139. The van der Waals surface area contributed by atoms with Crippen LogP contribution in [-0.2, 0) is 29.1 Å². The van der Waals surface area contributed by atoms with Crippen molar-refractivity contribution in [2.24, 2.45) is 0 Å². The van der Waals surface area contributed by atoms with Gasteiger partial charge in [-0.1, -0.05) is 6.07 Å². The molecule has 0 aliphatic carbocycles. The van der Waals surface area contributed by atoms with Crippen LogP contribution in [0.25, 0.3) is 0 Å². The number of hydrogen-bond acceptors (Lipinski definition) is 5. The maximum absolute atomic E-state index is 14.4. The molecule has 154 valence electrons. The second-order valence-electron chi connectivity index (χ2n) is 7.38. The molecule has 1 atom stereocenters. The first-order valence-corrected chi connectivity index (χ1v) is 9.68. The normalized spacial score (nSPS) is 19.6. The number of aromatic nitrogens is 2. The fourth-order valence-corrected chi connectivity index (χ4v) is 3.90. The third-order valence-electron chi connectivity index (χ3n) is 5.60. The Morgan fingerprint density at radius 1 is 1.38 bits per heavy atom. The summed E-state index contributed by atoms with van der Waals surface area (Å²) in [6, 6.07) is 4.06. The van der Waals surface area contributed by atoms with Gasteiger partial charge in [0.25, 0.3) is 0 Å². The number of H-pyrrole nitrogens is 1. The van der Waals surface area contributed by atoms with E-state index in [0.717, 1.165) is 17.7 Å². The number of hydrogen-bond donors (Lipinski definition) is 2. The van der Waals surface area contributed by atoms with Gasteiger partial charge in [-0.15, -0.1) is 0 Å². The quantitative estimate of drug-likeness (QED) is 0.775. The number of nitrogens with one attached hydrogen (secondary N) is 2. The van der Waals surface area contributed by atoms with Crippen molar-refractivity contribution in [3.63, 3.8) is 0 Å². The molecule has 1 unspecified atom stereocenters. The Hall–Kier alpha value is -2.94. The first-order valence-electron chi connectivity index (χ1n) is 9.68. The van der Waals surface area contributed by atoms with Gasteiger partial charge in [-0.2, -0.15) is 5.10 Å². The Kier molecular flexibility index (Phi) is 5.48. The SMILES string of the molecule is COc1ccc(CN2CCNC(=O)C2CC(=O)N2CCc3[nH]ncc3C2)c(F)c1. The van der Waals surface area contributed by atoms with Crippen LogP contribution in [0, 0.1) is 5.82 Å². The van der Waals surface area contributed by atoms with Crippen LogP contribution in [0.4, 0.5) is 4.39 Å². The monoisotopic (exact) mass is 401 g/mol. The van der Waals surface area contributed by atoms with E-state index >= 15 is 0 Å². The number of carbonyl (C=O) groups is 2. The van der Waals surface area contributed by atoms with Crippen molar-refractivity contribution in [3.8, 4) is 5.75 Å². The molecule has 1 aromatic heterocycles. The van der Waals surface area contributed by atoms with Crippen molar-refractivity contribution in [1.82, 2.24) is 25.3 Å². The summed E-state index contributed by atoms with van der Waals surface area (Å²) in [4.78, 5) is 29.0. The molecule has 0 saturated carbocycles. The van der Waals surface area contributed by atoms with E-state index in [1.54, 1.807) is 23.2 Å². The molecule has 8 nitrogen and oxygen atoms in total. The molecule has 0 spiro atoms. The summed E-state index contributed by atoms with van der Waals surface area (Å²) in [6.45, 7) is 2.37. The van der Waals surface area contributed by atoms with Gasteiger partial charge in [0.15, 0.2) is 0 Å². The number of carbonyl (C=O) groups excluding carboxylic acids is 2. The van der Waals surface area contributed by atoms with Gasteiger partial charge < -0.3 is 15.0 Å². The van der Waals surface area contributed by atoms with Crippen molar-refractivity contribution in [3.05, 3.63) is 47.0 Å². The molecule has 2 aliphatic rings. The van der Waals surface area contributed by atoms with E-state index in [1.807, 2.05) is 4.90 Å². The first kappa shape index (κ1) is 19.4. The largest absolute Gasteiger partial charge is 0.497 e. The Morgan fingerprint density at radius 3 is 3.03 bits per heavy atom. The summed E-state index contributed by atoms with van der Waals surface area (Å²) in [5.74, 6) is -0.222. The number of rotatable bonds is 5. The predicted molar refractivity (Wildman–Crippen MR) is 102 cm³/mol. The minimum atomic E-state index is -0.622. The van der Waals surface area contributed by atoms with Gasteiger partial charge >= 0.3 is 0 Å².